The first-order valence-corrected chi connectivity index (χ1v) is 11.6. The van der Waals surface area contributed by atoms with Gasteiger partial charge in [0.1, 0.15) is 5.92 Å². The Hall–Kier alpha value is -2.60. The highest BCUT2D eigenvalue weighted by molar-refractivity contribution is 6.31. The molecular formula is C25H30ClNO5. The molecule has 3 unspecified atom stereocenters. The Balaban J connectivity index is 2.23. The maximum absolute atomic E-state index is 13.8. The van der Waals surface area contributed by atoms with E-state index in [2.05, 4.69) is 5.32 Å². The molecule has 1 aromatic carbocycles. The van der Waals surface area contributed by atoms with Gasteiger partial charge in [-0.15, -0.1) is 0 Å². The number of esters is 2. The third-order valence-corrected chi connectivity index (χ3v) is 6.27. The number of hydrogen-bond donors (Lipinski definition) is 1. The molecule has 1 aliphatic carbocycles. The molecule has 0 aromatic heterocycles. The predicted molar refractivity (Wildman–Crippen MR) is 122 cm³/mol. The van der Waals surface area contributed by atoms with E-state index in [0.717, 1.165) is 17.8 Å². The van der Waals surface area contributed by atoms with E-state index >= 15 is 0 Å². The summed E-state index contributed by atoms with van der Waals surface area (Å²) in [7, 11) is 0. The summed E-state index contributed by atoms with van der Waals surface area (Å²) in [5, 5.41) is 3.81. The highest BCUT2D eigenvalue weighted by Crippen LogP contribution is 2.47. The second-order valence-electron chi connectivity index (χ2n) is 8.11. The fourth-order valence-electron chi connectivity index (χ4n) is 4.62. The van der Waals surface area contributed by atoms with Gasteiger partial charge in [-0.25, -0.2) is 4.79 Å². The van der Waals surface area contributed by atoms with Crippen molar-refractivity contribution in [2.24, 2.45) is 11.8 Å². The van der Waals surface area contributed by atoms with Gasteiger partial charge in [-0.3, -0.25) is 9.59 Å². The normalized spacial score (nSPS) is 22.9. The fourth-order valence-corrected chi connectivity index (χ4v) is 4.86. The van der Waals surface area contributed by atoms with E-state index in [0.29, 0.717) is 34.6 Å². The topological polar surface area (TPSA) is 81.7 Å². The number of dihydropyridines is 1. The van der Waals surface area contributed by atoms with Crippen LogP contribution in [0.4, 0.5) is 0 Å². The Kier molecular flexibility index (Phi) is 7.77. The summed E-state index contributed by atoms with van der Waals surface area (Å²) in [6.45, 7) is 7.76. The molecule has 6 nitrogen and oxygen atoms in total. The lowest BCUT2D eigenvalue weighted by Crippen LogP contribution is -2.43. The van der Waals surface area contributed by atoms with E-state index in [-0.39, 0.29) is 24.9 Å². The molecule has 3 atom stereocenters. The van der Waals surface area contributed by atoms with Gasteiger partial charge in [0.05, 0.1) is 18.8 Å². The first kappa shape index (κ1) is 24.1. The van der Waals surface area contributed by atoms with Gasteiger partial charge in [0.25, 0.3) is 0 Å². The van der Waals surface area contributed by atoms with E-state index < -0.39 is 23.8 Å². The zero-order valence-electron chi connectivity index (χ0n) is 19.0. The lowest BCUT2D eigenvalue weighted by molar-refractivity contribution is -0.153. The second kappa shape index (κ2) is 10.3. The van der Waals surface area contributed by atoms with Gasteiger partial charge in [0.2, 0.25) is 0 Å². The molecule has 0 saturated heterocycles. The van der Waals surface area contributed by atoms with Crippen molar-refractivity contribution < 1.29 is 23.9 Å². The maximum Gasteiger partial charge on any atom is 0.336 e. The van der Waals surface area contributed by atoms with Crippen molar-refractivity contribution in [1.82, 2.24) is 5.32 Å². The van der Waals surface area contributed by atoms with E-state index in [1.165, 1.54) is 0 Å². The van der Waals surface area contributed by atoms with Gasteiger partial charge in [-0.1, -0.05) is 50.1 Å². The van der Waals surface area contributed by atoms with Crippen molar-refractivity contribution in [1.29, 1.82) is 0 Å². The van der Waals surface area contributed by atoms with Crippen molar-refractivity contribution in [2.75, 3.05) is 13.2 Å². The van der Waals surface area contributed by atoms with Crippen LogP contribution in [0.15, 0.2) is 46.8 Å². The molecule has 3 rings (SSSR count). The Morgan fingerprint density at radius 2 is 1.81 bits per heavy atom. The molecule has 0 spiro atoms. The molecule has 32 heavy (non-hydrogen) atoms. The number of nitrogens with one attached hydrogen (secondary N) is 1. The Labute approximate surface area is 194 Å². The average Bonchev–Trinajstić information content (AvgIpc) is 2.73. The van der Waals surface area contributed by atoms with Crippen LogP contribution in [0.3, 0.4) is 0 Å². The molecule has 1 N–H and O–H groups in total. The maximum atomic E-state index is 13.8. The number of benzene rings is 1. The summed E-state index contributed by atoms with van der Waals surface area (Å²) in [6.07, 6.45) is 1.92. The van der Waals surface area contributed by atoms with Gasteiger partial charge in [-0.05, 0) is 44.2 Å². The summed E-state index contributed by atoms with van der Waals surface area (Å²) in [4.78, 5) is 39.6. The lowest BCUT2D eigenvalue weighted by atomic mass is 9.69. The van der Waals surface area contributed by atoms with Gasteiger partial charge < -0.3 is 14.8 Å². The molecule has 1 aliphatic heterocycles. The van der Waals surface area contributed by atoms with E-state index in [4.69, 9.17) is 21.1 Å². The van der Waals surface area contributed by atoms with Gasteiger partial charge >= 0.3 is 11.9 Å². The Morgan fingerprint density at radius 1 is 1.12 bits per heavy atom. The van der Waals surface area contributed by atoms with E-state index in [1.54, 1.807) is 26.0 Å². The van der Waals surface area contributed by atoms with Crippen LogP contribution in [-0.2, 0) is 23.9 Å². The molecule has 0 fully saturated rings. The molecule has 0 radical (unpaired) electrons. The largest absolute Gasteiger partial charge is 0.465 e. The van der Waals surface area contributed by atoms with Crippen molar-refractivity contribution >= 4 is 29.3 Å². The van der Waals surface area contributed by atoms with Crippen LogP contribution in [0, 0.1) is 11.8 Å². The van der Waals surface area contributed by atoms with Crippen LogP contribution < -0.4 is 5.32 Å². The number of allylic oxidation sites excluding steroid dienone is 3. The smallest absolute Gasteiger partial charge is 0.336 e. The highest BCUT2D eigenvalue weighted by Gasteiger charge is 2.48. The monoisotopic (exact) mass is 459 g/mol. The number of rotatable bonds is 7. The number of Topliss-reactive ketones (excluding diaryl/α,β-unsaturated/α-hetero) is 1. The third kappa shape index (κ3) is 4.46. The molecule has 1 heterocycles. The van der Waals surface area contributed by atoms with Crippen molar-refractivity contribution in [3.05, 3.63) is 57.4 Å². The van der Waals surface area contributed by atoms with Gasteiger partial charge in [0, 0.05) is 27.9 Å². The number of halogens is 1. The highest BCUT2D eigenvalue weighted by atomic mass is 35.5. The minimum absolute atomic E-state index is 0.196. The Morgan fingerprint density at radius 3 is 2.44 bits per heavy atom. The molecule has 1 aromatic rings. The molecular weight excluding hydrogens is 430 g/mol. The second-order valence-corrected chi connectivity index (χ2v) is 8.52. The minimum Gasteiger partial charge on any atom is -0.465 e. The SMILES string of the molecule is CCCC1=C(C(=O)OCC)C(c2ccccc2Cl)C2=C(CC(C)C(C(=O)OCC)C2=O)N1. The van der Waals surface area contributed by atoms with Crippen LogP contribution in [0.2, 0.25) is 5.02 Å². The number of carbonyl (C=O) groups is 3. The average molecular weight is 460 g/mol. The fraction of sp³-hybridized carbons (Fsp3) is 0.480. The van der Waals surface area contributed by atoms with Crippen LogP contribution in [0.25, 0.3) is 0 Å². The predicted octanol–water partition coefficient (Wildman–Crippen LogP) is 4.69. The number of ketones is 1. The summed E-state index contributed by atoms with van der Waals surface area (Å²) in [6, 6.07) is 7.18. The van der Waals surface area contributed by atoms with Crippen molar-refractivity contribution in [2.45, 2.75) is 52.9 Å². The zero-order chi connectivity index (χ0) is 23.4. The van der Waals surface area contributed by atoms with Crippen molar-refractivity contribution in [3.8, 4) is 0 Å². The molecule has 0 amide bonds. The van der Waals surface area contributed by atoms with Gasteiger partial charge in [0.15, 0.2) is 5.78 Å². The van der Waals surface area contributed by atoms with Crippen molar-refractivity contribution in [3.63, 3.8) is 0 Å². The summed E-state index contributed by atoms with van der Waals surface area (Å²) < 4.78 is 10.6. The van der Waals surface area contributed by atoms with E-state index in [1.807, 2.05) is 26.0 Å². The summed E-state index contributed by atoms with van der Waals surface area (Å²) in [5.41, 5.74) is 2.90. The minimum atomic E-state index is -0.920. The molecule has 0 bridgehead atoms. The first-order valence-electron chi connectivity index (χ1n) is 11.2. The number of carbonyl (C=O) groups excluding carboxylic acids is 3. The Bertz CT molecular complexity index is 980. The zero-order valence-corrected chi connectivity index (χ0v) is 19.8. The summed E-state index contributed by atoms with van der Waals surface area (Å²) >= 11 is 6.57. The molecule has 172 valence electrons. The van der Waals surface area contributed by atoms with Crippen LogP contribution >= 0.6 is 11.6 Å². The molecule has 2 aliphatic rings. The van der Waals surface area contributed by atoms with Crippen LogP contribution in [0.1, 0.15) is 58.4 Å². The van der Waals surface area contributed by atoms with Gasteiger partial charge in [-0.2, -0.15) is 0 Å². The lowest BCUT2D eigenvalue weighted by Gasteiger charge is -2.39. The molecule has 7 heteroatoms. The van der Waals surface area contributed by atoms with E-state index in [9.17, 15) is 14.4 Å². The standard InChI is InChI=1S/C25H30ClNO5/c1-5-10-17-22(25(30)32-7-3)20(15-11-8-9-12-16(15)26)21-18(27-17)13-14(4)19(23(21)28)24(29)31-6-2/h8-9,11-12,14,19-20,27H,5-7,10,13H2,1-4H3. The van der Waals surface area contributed by atoms with Crippen LogP contribution in [0.5, 0.6) is 0 Å². The third-order valence-electron chi connectivity index (χ3n) is 5.92. The quantitative estimate of drug-likeness (QED) is 0.470. The number of hydrogen-bond acceptors (Lipinski definition) is 6. The summed E-state index contributed by atoms with van der Waals surface area (Å²) in [5.74, 6) is -3.21. The first-order chi connectivity index (χ1) is 15.3. The van der Waals surface area contributed by atoms with Crippen LogP contribution in [-0.4, -0.2) is 30.9 Å². The molecule has 0 saturated carbocycles. The number of ether oxygens (including phenoxy) is 2.